The second-order valence-electron chi connectivity index (χ2n) is 10.6. The molecule has 0 aliphatic carbocycles. The van der Waals surface area contributed by atoms with E-state index in [1.807, 2.05) is 24.3 Å². The maximum atomic E-state index is 14.4. The monoisotopic (exact) mass is 655 g/mol. The summed E-state index contributed by atoms with van der Waals surface area (Å²) >= 11 is 12.6. The Hall–Kier alpha value is -4.04. The van der Waals surface area contributed by atoms with Crippen molar-refractivity contribution in [3.8, 4) is 11.1 Å². The molecule has 15 heteroatoms. The topological polar surface area (TPSA) is 131 Å². The van der Waals surface area contributed by atoms with Gasteiger partial charge in [-0.05, 0) is 36.2 Å². The van der Waals surface area contributed by atoms with Gasteiger partial charge >= 0.3 is 6.09 Å². The molecule has 0 radical (unpaired) electrons. The van der Waals surface area contributed by atoms with Crippen LogP contribution < -0.4 is 4.90 Å². The highest BCUT2D eigenvalue weighted by atomic mass is 35.5. The van der Waals surface area contributed by atoms with Crippen LogP contribution in [-0.4, -0.2) is 82.4 Å². The highest BCUT2D eigenvalue weighted by molar-refractivity contribution is 7.89. The standard InChI is InChI=1S/C29H27Cl2N7O5S/c1-29(14-19-3-5-20(6-4-19)21-15-32-18-33-16-21)26(39)37(24-12-22(30)11-23(31)13-24)27-34-17-25(38(27)29)44(41,42)36-9-7-35(8-10-36)28(40)43-2/h3-6,11-13,15-18H,7-10,14H2,1-2H3/t29-/m1/s1. The van der Waals surface area contributed by atoms with Gasteiger partial charge in [0.2, 0.25) is 5.95 Å². The number of imidazole rings is 1. The lowest BCUT2D eigenvalue weighted by molar-refractivity contribution is -0.124. The molecule has 2 aromatic heterocycles. The summed E-state index contributed by atoms with van der Waals surface area (Å²) < 4.78 is 35.7. The van der Waals surface area contributed by atoms with Crippen LogP contribution in [0.5, 0.6) is 0 Å². The van der Waals surface area contributed by atoms with E-state index >= 15 is 0 Å². The second kappa shape index (κ2) is 11.5. The first-order valence-corrected chi connectivity index (χ1v) is 15.8. The van der Waals surface area contributed by atoms with Crippen molar-refractivity contribution in [3.05, 3.63) is 83.0 Å². The molecule has 2 aromatic carbocycles. The van der Waals surface area contributed by atoms with Gasteiger partial charge < -0.3 is 9.64 Å². The molecule has 0 bridgehead atoms. The maximum Gasteiger partial charge on any atom is 0.409 e. The third kappa shape index (κ3) is 5.19. The molecule has 0 unspecified atom stereocenters. The van der Waals surface area contributed by atoms with Gasteiger partial charge in [-0.3, -0.25) is 9.36 Å². The molecule has 2 amide bonds. The number of rotatable bonds is 6. The summed E-state index contributed by atoms with van der Waals surface area (Å²) in [6.07, 6.45) is 5.77. The fourth-order valence-electron chi connectivity index (χ4n) is 5.65. The Bertz CT molecular complexity index is 1830. The van der Waals surface area contributed by atoms with Gasteiger partial charge in [-0.1, -0.05) is 47.5 Å². The van der Waals surface area contributed by atoms with E-state index in [0.29, 0.717) is 15.7 Å². The summed E-state index contributed by atoms with van der Waals surface area (Å²) in [6, 6.07) is 12.3. The van der Waals surface area contributed by atoms with E-state index in [9.17, 15) is 18.0 Å². The molecule has 1 fully saturated rings. The lowest BCUT2D eigenvalue weighted by Crippen LogP contribution is -2.51. The zero-order valence-electron chi connectivity index (χ0n) is 23.7. The predicted molar refractivity (Wildman–Crippen MR) is 163 cm³/mol. The molecular weight excluding hydrogens is 629 g/mol. The van der Waals surface area contributed by atoms with E-state index in [-0.39, 0.29) is 43.6 Å². The van der Waals surface area contributed by atoms with E-state index in [0.717, 1.165) is 16.7 Å². The lowest BCUT2D eigenvalue weighted by atomic mass is 9.91. The Morgan fingerprint density at radius 1 is 0.955 bits per heavy atom. The highest BCUT2D eigenvalue weighted by Crippen LogP contribution is 2.45. The van der Waals surface area contributed by atoms with E-state index in [4.69, 9.17) is 27.9 Å². The number of ether oxygens (including phenoxy) is 1. The normalized spacial score (nSPS) is 18.9. The van der Waals surface area contributed by atoms with Crippen LogP contribution in [-0.2, 0) is 31.5 Å². The minimum atomic E-state index is -4.14. The number of piperazine rings is 1. The van der Waals surface area contributed by atoms with E-state index < -0.39 is 27.6 Å². The fraction of sp³-hybridized carbons (Fsp3) is 0.276. The number of carbonyl (C=O) groups is 2. The predicted octanol–water partition coefficient (Wildman–Crippen LogP) is 4.36. The first-order valence-electron chi connectivity index (χ1n) is 13.6. The van der Waals surface area contributed by atoms with Crippen LogP contribution in [0.2, 0.25) is 10.0 Å². The number of sulfonamides is 1. The SMILES string of the molecule is COC(=O)N1CCN(S(=O)(=O)c2cnc3n2[C@](C)(Cc2ccc(-c4cncnc4)cc2)C(=O)N3c2cc(Cl)cc(Cl)c2)CC1. The van der Waals surface area contributed by atoms with Crippen LogP contribution in [0.25, 0.3) is 11.1 Å². The average molecular weight is 657 g/mol. The number of anilines is 2. The van der Waals surface area contributed by atoms with Gasteiger partial charge in [-0.15, -0.1) is 0 Å². The smallest absolute Gasteiger partial charge is 0.409 e. The molecule has 0 N–H and O–H groups in total. The minimum absolute atomic E-state index is 0.0564. The maximum absolute atomic E-state index is 14.4. The van der Waals surface area contributed by atoms with Gasteiger partial charge in [0.25, 0.3) is 15.9 Å². The second-order valence-corrected chi connectivity index (χ2v) is 13.4. The van der Waals surface area contributed by atoms with Crippen LogP contribution in [0.3, 0.4) is 0 Å². The number of hydrogen-bond donors (Lipinski definition) is 0. The Morgan fingerprint density at radius 3 is 2.20 bits per heavy atom. The van der Waals surface area contributed by atoms with Crippen molar-refractivity contribution in [1.82, 2.24) is 28.7 Å². The average Bonchev–Trinajstić information content (AvgIpc) is 3.55. The molecule has 12 nitrogen and oxygen atoms in total. The number of benzene rings is 2. The van der Waals surface area contributed by atoms with Crippen LogP contribution >= 0.6 is 23.2 Å². The summed E-state index contributed by atoms with van der Waals surface area (Å²) in [7, 11) is -2.86. The molecule has 2 aliphatic rings. The Kier molecular flexibility index (Phi) is 7.82. The van der Waals surface area contributed by atoms with Crippen molar-refractivity contribution in [2.75, 3.05) is 38.2 Å². The van der Waals surface area contributed by atoms with Crippen LogP contribution in [0.1, 0.15) is 12.5 Å². The van der Waals surface area contributed by atoms with Crippen molar-refractivity contribution in [3.63, 3.8) is 0 Å². The van der Waals surface area contributed by atoms with Crippen molar-refractivity contribution < 1.29 is 22.7 Å². The number of carbonyl (C=O) groups excluding carboxylic acids is 2. The Balaban J connectivity index is 1.41. The molecule has 0 spiro atoms. The zero-order valence-corrected chi connectivity index (χ0v) is 26.1. The van der Waals surface area contributed by atoms with Gasteiger partial charge in [0.1, 0.15) is 11.9 Å². The number of fused-ring (bicyclic) bond motifs is 1. The first kappa shape index (κ1) is 30.0. The van der Waals surface area contributed by atoms with Gasteiger partial charge in [0.05, 0.1) is 19.0 Å². The quantitative estimate of drug-likeness (QED) is 0.300. The molecule has 2 aliphatic heterocycles. The number of aromatic nitrogens is 4. The zero-order chi connectivity index (χ0) is 31.2. The summed E-state index contributed by atoms with van der Waals surface area (Å²) in [5.74, 6) is -0.271. The van der Waals surface area contributed by atoms with Crippen LogP contribution in [0.15, 0.2) is 72.4 Å². The van der Waals surface area contributed by atoms with Gasteiger partial charge in [0.15, 0.2) is 5.03 Å². The van der Waals surface area contributed by atoms with E-state index in [1.165, 1.54) is 38.3 Å². The molecule has 1 atom stereocenters. The van der Waals surface area contributed by atoms with Crippen molar-refractivity contribution >= 4 is 56.9 Å². The fourth-order valence-corrected chi connectivity index (χ4v) is 7.77. The molecule has 4 heterocycles. The number of amides is 2. The number of methoxy groups -OCH3 is 1. The van der Waals surface area contributed by atoms with E-state index in [1.54, 1.807) is 37.5 Å². The molecule has 4 aromatic rings. The molecular formula is C29H27Cl2N7O5S. The molecule has 0 saturated carbocycles. The third-order valence-corrected chi connectivity index (χ3v) is 10.1. The Labute approximate surface area is 263 Å². The molecule has 44 heavy (non-hydrogen) atoms. The van der Waals surface area contributed by atoms with Crippen molar-refractivity contribution in [2.24, 2.45) is 0 Å². The van der Waals surface area contributed by atoms with Gasteiger partial charge in [-0.25, -0.2) is 33.1 Å². The minimum Gasteiger partial charge on any atom is -0.453 e. The highest BCUT2D eigenvalue weighted by Gasteiger charge is 2.52. The lowest BCUT2D eigenvalue weighted by Gasteiger charge is -2.34. The first-order chi connectivity index (χ1) is 21.0. The van der Waals surface area contributed by atoms with Gasteiger partial charge in [-0.2, -0.15) is 4.31 Å². The van der Waals surface area contributed by atoms with Crippen LogP contribution in [0, 0.1) is 0 Å². The van der Waals surface area contributed by atoms with Crippen molar-refractivity contribution in [2.45, 2.75) is 23.9 Å². The third-order valence-electron chi connectivity index (χ3n) is 7.85. The number of nitrogens with zero attached hydrogens (tertiary/aromatic N) is 7. The number of halogens is 2. The molecule has 228 valence electrons. The van der Waals surface area contributed by atoms with Gasteiger partial charge in [0, 0.05) is 60.6 Å². The summed E-state index contributed by atoms with van der Waals surface area (Å²) in [5, 5.41) is 0.483. The molecule has 1 saturated heterocycles. The summed E-state index contributed by atoms with van der Waals surface area (Å²) in [5.41, 5.74) is 1.49. The largest absolute Gasteiger partial charge is 0.453 e. The van der Waals surface area contributed by atoms with E-state index in [2.05, 4.69) is 15.0 Å². The summed E-state index contributed by atoms with van der Waals surface area (Å²) in [6.45, 7) is 2.13. The summed E-state index contributed by atoms with van der Waals surface area (Å²) in [4.78, 5) is 41.7. The number of hydrogen-bond acceptors (Lipinski definition) is 8. The Morgan fingerprint density at radius 2 is 1.59 bits per heavy atom. The molecule has 6 rings (SSSR count). The van der Waals surface area contributed by atoms with Crippen molar-refractivity contribution in [1.29, 1.82) is 0 Å². The van der Waals surface area contributed by atoms with Crippen LogP contribution in [0.4, 0.5) is 16.4 Å².